The molecule has 1 amide bonds. The summed E-state index contributed by atoms with van der Waals surface area (Å²) in [5.74, 6) is 1.05. The molecule has 0 spiro atoms. The van der Waals surface area contributed by atoms with Gasteiger partial charge in [0.2, 0.25) is 0 Å². The molecule has 0 N–H and O–H groups in total. The van der Waals surface area contributed by atoms with Crippen molar-refractivity contribution in [2.75, 3.05) is 6.54 Å². The van der Waals surface area contributed by atoms with Crippen LogP contribution in [-0.4, -0.2) is 26.9 Å². The Bertz CT molecular complexity index is 588. The van der Waals surface area contributed by atoms with Gasteiger partial charge in [-0.2, -0.15) is 0 Å². The molecular formula is C14H15N3O. The minimum atomic E-state index is 0.0907. The molecule has 1 aliphatic rings. The Labute approximate surface area is 106 Å². The third-order valence-corrected chi connectivity index (χ3v) is 3.30. The van der Waals surface area contributed by atoms with E-state index in [-0.39, 0.29) is 5.91 Å². The van der Waals surface area contributed by atoms with Crippen molar-refractivity contribution in [3.63, 3.8) is 0 Å². The molecular weight excluding hydrogens is 226 g/mol. The molecule has 0 bridgehead atoms. The van der Waals surface area contributed by atoms with E-state index in [1.54, 1.807) is 6.20 Å². The third-order valence-electron chi connectivity index (χ3n) is 3.30. The largest absolute Gasteiger partial charge is 0.332 e. The second kappa shape index (κ2) is 4.29. The fourth-order valence-electron chi connectivity index (χ4n) is 2.31. The molecule has 2 aromatic rings. The Kier molecular flexibility index (Phi) is 2.63. The van der Waals surface area contributed by atoms with Crippen molar-refractivity contribution in [2.24, 2.45) is 0 Å². The van der Waals surface area contributed by atoms with E-state index in [2.05, 4.69) is 9.55 Å². The summed E-state index contributed by atoms with van der Waals surface area (Å²) in [6.45, 7) is 4.17. The number of aryl methyl sites for hydroxylation is 1. The highest BCUT2D eigenvalue weighted by Gasteiger charge is 2.22. The van der Waals surface area contributed by atoms with Crippen LogP contribution in [0.25, 0.3) is 0 Å². The highest BCUT2D eigenvalue weighted by molar-refractivity contribution is 5.94. The number of aromatic nitrogens is 2. The van der Waals surface area contributed by atoms with Gasteiger partial charge in [0.25, 0.3) is 5.91 Å². The van der Waals surface area contributed by atoms with Crippen LogP contribution < -0.4 is 0 Å². The molecule has 92 valence electrons. The number of carbonyl (C=O) groups excluding carboxylic acids is 1. The Morgan fingerprint density at radius 1 is 1.33 bits per heavy atom. The topological polar surface area (TPSA) is 38.1 Å². The van der Waals surface area contributed by atoms with E-state index in [1.807, 2.05) is 42.3 Å². The van der Waals surface area contributed by atoms with Gasteiger partial charge < -0.3 is 9.47 Å². The van der Waals surface area contributed by atoms with Crippen LogP contribution >= 0.6 is 0 Å². The van der Waals surface area contributed by atoms with Crippen molar-refractivity contribution in [2.45, 2.75) is 20.0 Å². The molecule has 2 heterocycles. The van der Waals surface area contributed by atoms with E-state index in [9.17, 15) is 4.79 Å². The lowest BCUT2D eigenvalue weighted by atomic mass is 10.1. The molecule has 0 saturated carbocycles. The summed E-state index contributed by atoms with van der Waals surface area (Å²) in [7, 11) is 0. The Morgan fingerprint density at radius 3 is 3.06 bits per heavy atom. The summed E-state index contributed by atoms with van der Waals surface area (Å²) >= 11 is 0. The number of rotatable bonds is 1. The average Bonchev–Trinajstić information content (AvgIpc) is 2.85. The first-order chi connectivity index (χ1) is 8.74. The van der Waals surface area contributed by atoms with Gasteiger partial charge in [-0.1, -0.05) is 17.7 Å². The molecule has 4 heteroatoms. The molecule has 4 nitrogen and oxygen atoms in total. The second-order valence-corrected chi connectivity index (χ2v) is 4.63. The van der Waals surface area contributed by atoms with Gasteiger partial charge in [0.15, 0.2) is 0 Å². The van der Waals surface area contributed by atoms with Gasteiger partial charge in [0.05, 0.1) is 6.54 Å². The Morgan fingerprint density at radius 2 is 2.22 bits per heavy atom. The highest BCUT2D eigenvalue weighted by atomic mass is 16.2. The maximum atomic E-state index is 12.4. The first kappa shape index (κ1) is 11.0. The number of nitrogens with zero attached hydrogens (tertiary/aromatic N) is 3. The first-order valence-corrected chi connectivity index (χ1v) is 6.10. The summed E-state index contributed by atoms with van der Waals surface area (Å²) in [6.07, 6.45) is 3.75. The van der Waals surface area contributed by atoms with Gasteiger partial charge in [-0.15, -0.1) is 0 Å². The second-order valence-electron chi connectivity index (χ2n) is 4.63. The zero-order chi connectivity index (χ0) is 12.5. The van der Waals surface area contributed by atoms with Crippen molar-refractivity contribution in [1.82, 2.24) is 14.5 Å². The molecule has 0 unspecified atom stereocenters. The fourth-order valence-corrected chi connectivity index (χ4v) is 2.31. The van der Waals surface area contributed by atoms with Crippen LogP contribution in [0.5, 0.6) is 0 Å². The molecule has 3 rings (SSSR count). The number of imidazole rings is 1. The molecule has 0 aliphatic carbocycles. The minimum absolute atomic E-state index is 0.0907. The van der Waals surface area contributed by atoms with Crippen molar-refractivity contribution >= 4 is 5.91 Å². The molecule has 1 aliphatic heterocycles. The van der Waals surface area contributed by atoms with Crippen molar-refractivity contribution in [3.8, 4) is 0 Å². The van der Waals surface area contributed by atoms with Crippen LogP contribution in [0, 0.1) is 6.92 Å². The van der Waals surface area contributed by atoms with E-state index >= 15 is 0 Å². The lowest BCUT2D eigenvalue weighted by molar-refractivity contribution is 0.0707. The van der Waals surface area contributed by atoms with Crippen LogP contribution in [0.1, 0.15) is 21.7 Å². The summed E-state index contributed by atoms with van der Waals surface area (Å²) in [4.78, 5) is 18.5. The lowest BCUT2D eigenvalue weighted by Crippen LogP contribution is -2.38. The quantitative estimate of drug-likeness (QED) is 0.764. The van der Waals surface area contributed by atoms with Crippen LogP contribution in [0.3, 0.4) is 0 Å². The summed E-state index contributed by atoms with van der Waals surface area (Å²) in [6, 6.07) is 7.73. The van der Waals surface area contributed by atoms with Gasteiger partial charge in [-0.05, 0) is 19.1 Å². The van der Waals surface area contributed by atoms with E-state index in [4.69, 9.17) is 0 Å². The van der Waals surface area contributed by atoms with Gasteiger partial charge in [-0.3, -0.25) is 4.79 Å². The average molecular weight is 241 g/mol. The number of hydrogen-bond donors (Lipinski definition) is 0. The van der Waals surface area contributed by atoms with Gasteiger partial charge in [0, 0.05) is 31.0 Å². The molecule has 1 aromatic carbocycles. The standard InChI is InChI=1S/C14H15N3O/c1-11-3-2-4-12(9-11)14(18)17-8-7-16-6-5-15-13(16)10-17/h2-6,9H,7-8,10H2,1H3. The number of hydrogen-bond acceptors (Lipinski definition) is 2. The monoisotopic (exact) mass is 241 g/mol. The smallest absolute Gasteiger partial charge is 0.254 e. The predicted octanol–water partition coefficient (Wildman–Crippen LogP) is 1.85. The number of carbonyl (C=O) groups is 1. The van der Waals surface area contributed by atoms with Crippen LogP contribution in [0.2, 0.25) is 0 Å². The highest BCUT2D eigenvalue weighted by Crippen LogP contribution is 2.14. The number of amides is 1. The van der Waals surface area contributed by atoms with Gasteiger partial charge in [0.1, 0.15) is 5.82 Å². The predicted molar refractivity (Wildman–Crippen MR) is 68.1 cm³/mol. The summed E-state index contributed by atoms with van der Waals surface area (Å²) in [5, 5.41) is 0. The van der Waals surface area contributed by atoms with Gasteiger partial charge >= 0.3 is 0 Å². The van der Waals surface area contributed by atoms with Crippen molar-refractivity contribution in [1.29, 1.82) is 0 Å². The van der Waals surface area contributed by atoms with Gasteiger partial charge in [-0.25, -0.2) is 4.98 Å². The van der Waals surface area contributed by atoms with Crippen molar-refractivity contribution in [3.05, 3.63) is 53.6 Å². The zero-order valence-corrected chi connectivity index (χ0v) is 10.3. The number of benzene rings is 1. The maximum Gasteiger partial charge on any atom is 0.254 e. The Balaban J connectivity index is 1.83. The Hall–Kier alpha value is -2.10. The summed E-state index contributed by atoms with van der Waals surface area (Å²) in [5.41, 5.74) is 1.87. The van der Waals surface area contributed by atoms with E-state index in [0.717, 1.165) is 30.0 Å². The van der Waals surface area contributed by atoms with E-state index < -0.39 is 0 Å². The third kappa shape index (κ3) is 1.90. The van der Waals surface area contributed by atoms with Crippen LogP contribution in [-0.2, 0) is 13.1 Å². The SMILES string of the molecule is Cc1cccc(C(=O)N2CCn3ccnc3C2)c1. The number of fused-ring (bicyclic) bond motifs is 1. The summed E-state index contributed by atoms with van der Waals surface area (Å²) < 4.78 is 2.10. The zero-order valence-electron chi connectivity index (χ0n) is 10.3. The van der Waals surface area contributed by atoms with Crippen LogP contribution in [0.4, 0.5) is 0 Å². The fraction of sp³-hybridized carbons (Fsp3) is 0.286. The molecule has 1 aromatic heterocycles. The normalized spacial score (nSPS) is 14.4. The molecule has 0 saturated heterocycles. The minimum Gasteiger partial charge on any atom is -0.332 e. The van der Waals surface area contributed by atoms with Crippen LogP contribution in [0.15, 0.2) is 36.7 Å². The molecule has 0 fully saturated rings. The van der Waals surface area contributed by atoms with E-state index in [1.165, 1.54) is 0 Å². The first-order valence-electron chi connectivity index (χ1n) is 6.10. The molecule has 0 atom stereocenters. The van der Waals surface area contributed by atoms with Crippen molar-refractivity contribution < 1.29 is 4.79 Å². The molecule has 0 radical (unpaired) electrons. The molecule has 18 heavy (non-hydrogen) atoms. The maximum absolute atomic E-state index is 12.4. The van der Waals surface area contributed by atoms with E-state index in [0.29, 0.717) is 6.54 Å². The lowest BCUT2D eigenvalue weighted by Gasteiger charge is -2.27.